The molecule has 3 rings (SSSR count). The van der Waals surface area contributed by atoms with Crippen LogP contribution < -0.4 is 10.6 Å². The van der Waals surface area contributed by atoms with Crippen molar-refractivity contribution in [3.05, 3.63) is 41.5 Å². The Morgan fingerprint density at radius 2 is 2.40 bits per heavy atom. The molecular formula is C14H17N5O. The molecule has 0 bridgehead atoms. The van der Waals surface area contributed by atoms with Gasteiger partial charge in [0.05, 0.1) is 6.54 Å². The van der Waals surface area contributed by atoms with Gasteiger partial charge in [0.1, 0.15) is 6.33 Å². The van der Waals surface area contributed by atoms with Crippen molar-refractivity contribution in [2.45, 2.75) is 19.4 Å². The standard InChI is InChI=1S/C14H17N5O/c1-19-9-17-18-13(19)8-16-14(20)11-4-2-6-12-10(11)5-3-7-15-12/h2,4,6,9,15H,3,5,7-8H2,1H3,(H,16,20). The smallest absolute Gasteiger partial charge is 0.252 e. The number of nitrogens with zero attached hydrogens (tertiary/aromatic N) is 3. The third-order valence-corrected chi connectivity index (χ3v) is 3.55. The van der Waals surface area contributed by atoms with E-state index in [2.05, 4.69) is 20.8 Å². The molecule has 0 atom stereocenters. The summed E-state index contributed by atoms with van der Waals surface area (Å²) in [5, 5.41) is 14.0. The molecule has 0 fully saturated rings. The topological polar surface area (TPSA) is 71.8 Å². The van der Waals surface area contributed by atoms with Crippen LogP contribution in [0.15, 0.2) is 24.5 Å². The molecule has 1 aromatic heterocycles. The molecule has 6 heteroatoms. The van der Waals surface area contributed by atoms with E-state index < -0.39 is 0 Å². The number of benzene rings is 1. The summed E-state index contributed by atoms with van der Waals surface area (Å²) in [5.74, 6) is 0.676. The highest BCUT2D eigenvalue weighted by Gasteiger charge is 2.17. The van der Waals surface area contributed by atoms with Gasteiger partial charge in [-0.2, -0.15) is 0 Å². The van der Waals surface area contributed by atoms with Gasteiger partial charge in [-0.1, -0.05) is 6.07 Å². The predicted octanol–water partition coefficient (Wildman–Crippen LogP) is 1.10. The number of anilines is 1. The monoisotopic (exact) mass is 271 g/mol. The van der Waals surface area contributed by atoms with Gasteiger partial charge >= 0.3 is 0 Å². The molecule has 2 N–H and O–H groups in total. The second kappa shape index (κ2) is 5.32. The highest BCUT2D eigenvalue weighted by molar-refractivity contribution is 5.97. The molecule has 20 heavy (non-hydrogen) atoms. The Labute approximate surface area is 117 Å². The van der Waals surface area contributed by atoms with E-state index in [9.17, 15) is 4.79 Å². The number of nitrogens with one attached hydrogen (secondary N) is 2. The van der Waals surface area contributed by atoms with Gasteiger partial charge in [0, 0.05) is 24.8 Å². The summed E-state index contributed by atoms with van der Waals surface area (Å²) in [6.45, 7) is 1.35. The first kappa shape index (κ1) is 12.7. The molecule has 1 amide bonds. The maximum Gasteiger partial charge on any atom is 0.252 e. The fourth-order valence-corrected chi connectivity index (χ4v) is 2.44. The molecule has 0 saturated heterocycles. The summed E-state index contributed by atoms with van der Waals surface area (Å²) in [6.07, 6.45) is 3.62. The number of rotatable bonds is 3. The zero-order chi connectivity index (χ0) is 13.9. The van der Waals surface area contributed by atoms with Gasteiger partial charge < -0.3 is 15.2 Å². The van der Waals surface area contributed by atoms with Crippen LogP contribution in [0.3, 0.4) is 0 Å². The molecule has 2 heterocycles. The lowest BCUT2D eigenvalue weighted by molar-refractivity contribution is 0.0948. The van der Waals surface area contributed by atoms with E-state index in [1.807, 2.05) is 25.2 Å². The average Bonchev–Trinajstić information content (AvgIpc) is 2.89. The molecule has 1 aliphatic rings. The first-order chi connectivity index (χ1) is 9.75. The summed E-state index contributed by atoms with van der Waals surface area (Å²) in [7, 11) is 1.86. The van der Waals surface area contributed by atoms with Gasteiger partial charge in [-0.25, -0.2) is 0 Å². The van der Waals surface area contributed by atoms with Crippen LogP contribution in [0.2, 0.25) is 0 Å². The van der Waals surface area contributed by atoms with Crippen molar-refractivity contribution in [3.63, 3.8) is 0 Å². The zero-order valence-electron chi connectivity index (χ0n) is 11.4. The third-order valence-electron chi connectivity index (χ3n) is 3.55. The minimum Gasteiger partial charge on any atom is -0.385 e. The number of fused-ring (bicyclic) bond motifs is 1. The predicted molar refractivity (Wildman–Crippen MR) is 75.4 cm³/mol. The number of carbonyl (C=O) groups excluding carboxylic acids is 1. The number of aryl methyl sites for hydroxylation is 1. The van der Waals surface area contributed by atoms with Crippen LogP contribution in [0.25, 0.3) is 0 Å². The Kier molecular flexibility index (Phi) is 3.37. The maximum atomic E-state index is 12.3. The van der Waals surface area contributed by atoms with E-state index >= 15 is 0 Å². The maximum absolute atomic E-state index is 12.3. The summed E-state index contributed by atoms with van der Waals surface area (Å²) in [5.41, 5.74) is 2.92. The van der Waals surface area contributed by atoms with Crippen LogP contribution in [-0.2, 0) is 20.0 Å². The lowest BCUT2D eigenvalue weighted by Gasteiger charge is -2.20. The van der Waals surface area contributed by atoms with Gasteiger partial charge in [-0.15, -0.1) is 10.2 Å². The van der Waals surface area contributed by atoms with Crippen molar-refractivity contribution in [1.29, 1.82) is 0 Å². The molecule has 0 radical (unpaired) electrons. The molecular weight excluding hydrogens is 254 g/mol. The van der Waals surface area contributed by atoms with Gasteiger partial charge in [0.2, 0.25) is 0 Å². The number of hydrogen-bond acceptors (Lipinski definition) is 4. The second-order valence-corrected chi connectivity index (χ2v) is 4.90. The molecule has 104 valence electrons. The van der Waals surface area contributed by atoms with Crippen LogP contribution in [0.4, 0.5) is 5.69 Å². The molecule has 0 unspecified atom stereocenters. The first-order valence-electron chi connectivity index (χ1n) is 6.72. The summed E-state index contributed by atoms with van der Waals surface area (Å²) in [6, 6.07) is 5.81. The molecule has 0 aliphatic carbocycles. The molecule has 6 nitrogen and oxygen atoms in total. The van der Waals surface area contributed by atoms with Gasteiger partial charge in [0.25, 0.3) is 5.91 Å². The SMILES string of the molecule is Cn1cnnc1CNC(=O)c1cccc2c1CCCN2. The minimum atomic E-state index is -0.0615. The third kappa shape index (κ3) is 2.36. The van der Waals surface area contributed by atoms with Crippen molar-refractivity contribution in [2.75, 3.05) is 11.9 Å². The van der Waals surface area contributed by atoms with Crippen molar-refractivity contribution in [2.24, 2.45) is 7.05 Å². The first-order valence-corrected chi connectivity index (χ1v) is 6.72. The largest absolute Gasteiger partial charge is 0.385 e. The fourth-order valence-electron chi connectivity index (χ4n) is 2.44. The Hall–Kier alpha value is -2.37. The van der Waals surface area contributed by atoms with Crippen LogP contribution in [-0.4, -0.2) is 27.2 Å². The van der Waals surface area contributed by atoms with Crippen molar-refractivity contribution in [3.8, 4) is 0 Å². The molecule has 1 aromatic carbocycles. The molecule has 1 aliphatic heterocycles. The highest BCUT2D eigenvalue weighted by atomic mass is 16.1. The highest BCUT2D eigenvalue weighted by Crippen LogP contribution is 2.25. The number of carbonyl (C=O) groups is 1. The number of aromatic nitrogens is 3. The van der Waals surface area contributed by atoms with Crippen molar-refractivity contribution < 1.29 is 4.79 Å². The Morgan fingerprint density at radius 3 is 3.20 bits per heavy atom. The zero-order valence-corrected chi connectivity index (χ0v) is 11.4. The van der Waals surface area contributed by atoms with Crippen LogP contribution in [0.1, 0.15) is 28.2 Å². The summed E-state index contributed by atoms with van der Waals surface area (Å²) in [4.78, 5) is 12.3. The fraction of sp³-hybridized carbons (Fsp3) is 0.357. The normalized spacial score (nSPS) is 13.4. The van der Waals surface area contributed by atoms with E-state index in [1.54, 1.807) is 10.9 Å². The second-order valence-electron chi connectivity index (χ2n) is 4.90. The molecule has 2 aromatic rings. The summed E-state index contributed by atoms with van der Waals surface area (Å²) >= 11 is 0. The van der Waals surface area contributed by atoms with E-state index in [4.69, 9.17) is 0 Å². The van der Waals surface area contributed by atoms with Crippen molar-refractivity contribution >= 4 is 11.6 Å². The average molecular weight is 271 g/mol. The van der Waals surface area contributed by atoms with Crippen LogP contribution >= 0.6 is 0 Å². The van der Waals surface area contributed by atoms with Crippen molar-refractivity contribution in [1.82, 2.24) is 20.1 Å². The van der Waals surface area contributed by atoms with Gasteiger partial charge in [0.15, 0.2) is 5.82 Å². The molecule has 0 saturated carbocycles. The van der Waals surface area contributed by atoms with E-state index in [-0.39, 0.29) is 5.91 Å². The lowest BCUT2D eigenvalue weighted by Crippen LogP contribution is -2.26. The Balaban J connectivity index is 1.76. The number of amides is 1. The lowest BCUT2D eigenvalue weighted by atomic mass is 9.97. The quantitative estimate of drug-likeness (QED) is 0.877. The van der Waals surface area contributed by atoms with Crippen LogP contribution in [0, 0.1) is 0 Å². The number of hydrogen-bond donors (Lipinski definition) is 2. The molecule has 0 spiro atoms. The van der Waals surface area contributed by atoms with E-state index in [0.717, 1.165) is 42.0 Å². The van der Waals surface area contributed by atoms with E-state index in [0.29, 0.717) is 6.54 Å². The Morgan fingerprint density at radius 1 is 1.50 bits per heavy atom. The van der Waals surface area contributed by atoms with E-state index in [1.165, 1.54) is 0 Å². The minimum absolute atomic E-state index is 0.0615. The van der Waals surface area contributed by atoms with Crippen LogP contribution in [0.5, 0.6) is 0 Å². The summed E-state index contributed by atoms with van der Waals surface area (Å²) < 4.78 is 1.79. The van der Waals surface area contributed by atoms with Gasteiger partial charge in [-0.3, -0.25) is 4.79 Å². The Bertz CT molecular complexity index is 634. The van der Waals surface area contributed by atoms with Gasteiger partial charge in [-0.05, 0) is 30.5 Å².